The highest BCUT2D eigenvalue weighted by Gasteiger charge is 2.20. The van der Waals surface area contributed by atoms with Gasteiger partial charge in [-0.3, -0.25) is 0 Å². The number of aromatic nitrogens is 2. The van der Waals surface area contributed by atoms with Crippen LogP contribution in [0, 0.1) is 5.92 Å². The Balaban J connectivity index is 3.08. The van der Waals surface area contributed by atoms with Crippen LogP contribution in [0.2, 0.25) is 0 Å². The largest absolute Gasteiger partial charge is 0.383 e. The highest BCUT2D eigenvalue weighted by molar-refractivity contribution is 9.10. The molecule has 0 aliphatic heterocycles. The number of rotatable bonds is 6. The van der Waals surface area contributed by atoms with Crippen LogP contribution in [-0.2, 0) is 10.2 Å². The number of nitrogens with zero attached hydrogens (tertiary/aromatic N) is 3. The van der Waals surface area contributed by atoms with Crippen molar-refractivity contribution in [2.24, 2.45) is 5.92 Å². The summed E-state index contributed by atoms with van der Waals surface area (Å²) in [7, 11) is 1.73. The van der Waals surface area contributed by atoms with E-state index in [-0.39, 0.29) is 5.41 Å². The number of ether oxygens (including phenoxy) is 1. The molecule has 0 amide bonds. The molecular formula is C15H26BrN3O. The molecule has 1 aromatic heterocycles. The van der Waals surface area contributed by atoms with Gasteiger partial charge in [-0.15, -0.1) is 0 Å². The predicted octanol–water partition coefficient (Wildman–Crippen LogP) is 3.65. The summed E-state index contributed by atoms with van der Waals surface area (Å²) in [6, 6.07) is 1.98. The van der Waals surface area contributed by atoms with Crippen LogP contribution in [0.25, 0.3) is 0 Å². The van der Waals surface area contributed by atoms with E-state index in [1.54, 1.807) is 7.11 Å². The molecule has 0 unspecified atom stereocenters. The van der Waals surface area contributed by atoms with Gasteiger partial charge in [0.25, 0.3) is 0 Å². The molecule has 114 valence electrons. The van der Waals surface area contributed by atoms with Crippen molar-refractivity contribution in [3.8, 4) is 0 Å². The zero-order chi connectivity index (χ0) is 15.3. The average molecular weight is 344 g/mol. The summed E-state index contributed by atoms with van der Waals surface area (Å²) in [5, 5.41) is 0. The van der Waals surface area contributed by atoms with Gasteiger partial charge >= 0.3 is 0 Å². The molecule has 1 aromatic rings. The van der Waals surface area contributed by atoms with Crippen LogP contribution < -0.4 is 4.90 Å². The maximum Gasteiger partial charge on any atom is 0.137 e. The van der Waals surface area contributed by atoms with E-state index in [0.717, 1.165) is 29.3 Å². The van der Waals surface area contributed by atoms with Gasteiger partial charge in [0.15, 0.2) is 0 Å². The second-order valence-electron chi connectivity index (χ2n) is 6.46. The Bertz CT molecular complexity index is 430. The molecule has 5 heteroatoms. The topological polar surface area (TPSA) is 38.2 Å². The Kier molecular flexibility index (Phi) is 6.40. The van der Waals surface area contributed by atoms with Crippen LogP contribution in [0.4, 0.5) is 5.82 Å². The first-order chi connectivity index (χ1) is 9.24. The third kappa shape index (κ3) is 5.37. The molecule has 0 saturated carbocycles. The Labute approximate surface area is 131 Å². The Morgan fingerprint density at radius 2 is 1.95 bits per heavy atom. The fourth-order valence-electron chi connectivity index (χ4n) is 1.84. The van der Waals surface area contributed by atoms with Gasteiger partial charge in [-0.05, 0) is 21.8 Å². The zero-order valence-electron chi connectivity index (χ0n) is 13.4. The Hall–Kier alpha value is -0.680. The van der Waals surface area contributed by atoms with Gasteiger partial charge in [0, 0.05) is 31.7 Å². The maximum absolute atomic E-state index is 5.21. The third-order valence-corrected chi connectivity index (χ3v) is 3.23. The van der Waals surface area contributed by atoms with Gasteiger partial charge in [0.1, 0.15) is 16.2 Å². The lowest BCUT2D eigenvalue weighted by molar-refractivity contribution is 0.204. The Morgan fingerprint density at radius 3 is 2.45 bits per heavy atom. The van der Waals surface area contributed by atoms with E-state index in [1.165, 1.54) is 0 Å². The molecule has 0 aliphatic carbocycles. The molecule has 0 atom stereocenters. The summed E-state index contributed by atoms with van der Waals surface area (Å²) < 4.78 is 6.04. The quantitative estimate of drug-likeness (QED) is 0.739. The standard InChI is InChI=1S/C15H26BrN3O/c1-11(2)10-19(7-8-20-6)13-9-12(16)17-14(18-13)15(3,4)5/h9,11H,7-8,10H2,1-6H3. The molecule has 4 nitrogen and oxygen atoms in total. The van der Waals surface area contributed by atoms with Crippen molar-refractivity contribution in [2.75, 3.05) is 31.7 Å². The highest BCUT2D eigenvalue weighted by Crippen LogP contribution is 2.24. The first kappa shape index (κ1) is 17.4. The fourth-order valence-corrected chi connectivity index (χ4v) is 2.22. The van der Waals surface area contributed by atoms with Crippen molar-refractivity contribution >= 4 is 21.7 Å². The van der Waals surface area contributed by atoms with E-state index in [4.69, 9.17) is 9.72 Å². The van der Waals surface area contributed by atoms with Crippen molar-refractivity contribution in [3.63, 3.8) is 0 Å². The van der Waals surface area contributed by atoms with E-state index >= 15 is 0 Å². The lowest BCUT2D eigenvalue weighted by Crippen LogP contribution is -2.32. The van der Waals surface area contributed by atoms with Crippen LogP contribution in [0.5, 0.6) is 0 Å². The van der Waals surface area contributed by atoms with E-state index in [0.29, 0.717) is 12.5 Å². The van der Waals surface area contributed by atoms with Crippen LogP contribution >= 0.6 is 15.9 Å². The maximum atomic E-state index is 5.21. The minimum Gasteiger partial charge on any atom is -0.383 e. The minimum absolute atomic E-state index is 0.0662. The molecule has 0 aliphatic rings. The number of halogens is 1. The van der Waals surface area contributed by atoms with E-state index in [2.05, 4.69) is 60.4 Å². The Morgan fingerprint density at radius 1 is 1.30 bits per heavy atom. The first-order valence-electron chi connectivity index (χ1n) is 7.03. The van der Waals surface area contributed by atoms with E-state index < -0.39 is 0 Å². The molecule has 0 radical (unpaired) electrons. The molecule has 1 heterocycles. The summed E-state index contributed by atoms with van der Waals surface area (Å²) in [4.78, 5) is 11.5. The molecular weight excluding hydrogens is 318 g/mol. The van der Waals surface area contributed by atoms with Crippen LogP contribution in [0.3, 0.4) is 0 Å². The van der Waals surface area contributed by atoms with Gasteiger partial charge in [-0.25, -0.2) is 9.97 Å². The summed E-state index contributed by atoms with van der Waals surface area (Å²) in [6.45, 7) is 13.3. The van der Waals surface area contributed by atoms with Crippen LogP contribution in [-0.4, -0.2) is 36.8 Å². The summed E-state index contributed by atoms with van der Waals surface area (Å²) >= 11 is 3.50. The summed E-state index contributed by atoms with van der Waals surface area (Å²) in [5.41, 5.74) is -0.0662. The zero-order valence-corrected chi connectivity index (χ0v) is 15.0. The summed E-state index contributed by atoms with van der Waals surface area (Å²) in [5.74, 6) is 2.38. The van der Waals surface area contributed by atoms with Gasteiger partial charge in [0.2, 0.25) is 0 Å². The van der Waals surface area contributed by atoms with Crippen molar-refractivity contribution in [1.29, 1.82) is 0 Å². The molecule has 0 spiro atoms. The number of hydrogen-bond donors (Lipinski definition) is 0. The van der Waals surface area contributed by atoms with Gasteiger partial charge in [0.05, 0.1) is 6.61 Å². The second-order valence-corrected chi connectivity index (χ2v) is 7.27. The number of methoxy groups -OCH3 is 1. The molecule has 0 N–H and O–H groups in total. The normalized spacial score (nSPS) is 12.0. The molecule has 0 aromatic carbocycles. The van der Waals surface area contributed by atoms with Crippen molar-refractivity contribution in [3.05, 3.63) is 16.5 Å². The smallest absolute Gasteiger partial charge is 0.137 e. The lowest BCUT2D eigenvalue weighted by Gasteiger charge is -2.27. The first-order valence-corrected chi connectivity index (χ1v) is 7.82. The monoisotopic (exact) mass is 343 g/mol. The molecule has 20 heavy (non-hydrogen) atoms. The summed E-state index contributed by atoms with van der Waals surface area (Å²) in [6.07, 6.45) is 0. The van der Waals surface area contributed by atoms with Crippen molar-refractivity contribution in [1.82, 2.24) is 9.97 Å². The number of hydrogen-bond acceptors (Lipinski definition) is 4. The van der Waals surface area contributed by atoms with Crippen LogP contribution in [0.1, 0.15) is 40.4 Å². The van der Waals surface area contributed by atoms with Crippen molar-refractivity contribution < 1.29 is 4.74 Å². The predicted molar refractivity (Wildman–Crippen MR) is 87.4 cm³/mol. The van der Waals surface area contributed by atoms with Gasteiger partial charge < -0.3 is 9.64 Å². The average Bonchev–Trinajstić information content (AvgIpc) is 2.32. The third-order valence-electron chi connectivity index (χ3n) is 2.83. The van der Waals surface area contributed by atoms with Gasteiger partial charge in [-0.2, -0.15) is 0 Å². The molecule has 0 saturated heterocycles. The van der Waals surface area contributed by atoms with Gasteiger partial charge in [-0.1, -0.05) is 34.6 Å². The molecule has 0 fully saturated rings. The lowest BCUT2D eigenvalue weighted by atomic mass is 9.96. The molecule has 1 rings (SSSR count). The number of anilines is 1. The highest BCUT2D eigenvalue weighted by atomic mass is 79.9. The van der Waals surface area contributed by atoms with Crippen LogP contribution in [0.15, 0.2) is 10.7 Å². The molecule has 0 bridgehead atoms. The SMILES string of the molecule is COCCN(CC(C)C)c1cc(Br)nc(C(C)(C)C)n1. The van der Waals surface area contributed by atoms with E-state index in [1.807, 2.05) is 6.07 Å². The van der Waals surface area contributed by atoms with E-state index in [9.17, 15) is 0 Å². The minimum atomic E-state index is -0.0662. The second kappa shape index (κ2) is 7.36. The van der Waals surface area contributed by atoms with Crippen molar-refractivity contribution in [2.45, 2.75) is 40.0 Å². The fraction of sp³-hybridized carbons (Fsp3) is 0.733.